The van der Waals surface area contributed by atoms with Gasteiger partial charge in [-0.15, -0.1) is 0 Å². The molecule has 5 rings (SSSR count). The van der Waals surface area contributed by atoms with Gasteiger partial charge in [-0.2, -0.15) is 5.10 Å². The first kappa shape index (κ1) is 33.3. The molecular weight excluding hydrogens is 695 g/mol. The normalized spacial score (nSPS) is 11.0. The van der Waals surface area contributed by atoms with Crippen LogP contribution in [0.15, 0.2) is 92.9 Å². The van der Waals surface area contributed by atoms with Crippen molar-refractivity contribution in [3.63, 3.8) is 0 Å². The van der Waals surface area contributed by atoms with Crippen LogP contribution in [0.2, 0.25) is 5.02 Å². The first-order chi connectivity index (χ1) is 22.6. The second kappa shape index (κ2) is 15.0. The van der Waals surface area contributed by atoms with Gasteiger partial charge in [0.15, 0.2) is 23.9 Å². The summed E-state index contributed by atoms with van der Waals surface area (Å²) in [6.07, 6.45) is 1.35. The fourth-order valence-corrected chi connectivity index (χ4v) is 5.25. The number of aromatic nitrogens is 1. The molecule has 47 heavy (non-hydrogen) atoms. The summed E-state index contributed by atoms with van der Waals surface area (Å²) >= 11 is 9.88. The van der Waals surface area contributed by atoms with Gasteiger partial charge in [-0.3, -0.25) is 9.59 Å². The SMILES string of the molecule is COc1cc(/C=N/NC(=O)c2ccc(COc3ccc(-n4c(C)ccc4C)cc3)o2)c(Br)c(Cl)c1OCC(=O)Nc1cccc(F)c1. The van der Waals surface area contributed by atoms with Crippen LogP contribution in [0.1, 0.15) is 33.3 Å². The molecule has 0 atom stereocenters. The molecule has 0 fully saturated rings. The van der Waals surface area contributed by atoms with E-state index in [0.717, 1.165) is 17.1 Å². The molecule has 13 heteroatoms. The van der Waals surface area contributed by atoms with Gasteiger partial charge in [0.1, 0.15) is 29.0 Å². The lowest BCUT2D eigenvalue weighted by atomic mass is 10.2. The number of hydrogen-bond donors (Lipinski definition) is 2. The number of nitrogens with one attached hydrogen (secondary N) is 2. The molecule has 5 aromatic rings. The molecule has 10 nitrogen and oxygen atoms in total. The highest BCUT2D eigenvalue weighted by Crippen LogP contribution is 2.42. The quantitative estimate of drug-likeness (QED) is 0.101. The Morgan fingerprint density at radius 1 is 1.02 bits per heavy atom. The summed E-state index contributed by atoms with van der Waals surface area (Å²) in [5.41, 5.74) is 6.46. The summed E-state index contributed by atoms with van der Waals surface area (Å²) in [6.45, 7) is 3.82. The highest BCUT2D eigenvalue weighted by Gasteiger charge is 2.19. The summed E-state index contributed by atoms with van der Waals surface area (Å²) in [6, 6.07) is 22.1. The molecule has 2 heterocycles. The number of furan rings is 1. The number of hydrazone groups is 1. The molecular formula is C34H29BrClFN4O6. The second-order valence-corrected chi connectivity index (χ2v) is 11.3. The summed E-state index contributed by atoms with van der Waals surface area (Å²) in [4.78, 5) is 25.0. The zero-order valence-electron chi connectivity index (χ0n) is 25.5. The largest absolute Gasteiger partial charge is 0.493 e. The zero-order valence-corrected chi connectivity index (χ0v) is 27.8. The van der Waals surface area contributed by atoms with Crippen molar-refractivity contribution in [1.82, 2.24) is 9.99 Å². The molecule has 3 aromatic carbocycles. The standard InChI is InChI=1S/C34H29BrClFN4O6/c1-20-7-8-21(2)41(20)25-9-11-26(12-10-25)45-18-27-13-14-28(47-27)34(43)40-38-17-22-15-29(44-3)33(32(36)31(22)35)46-19-30(42)39-24-6-4-5-23(37)16-24/h4-17H,18-19H2,1-3H3,(H,39,42)(H,40,43)/b38-17+. The van der Waals surface area contributed by atoms with Crippen molar-refractivity contribution in [2.24, 2.45) is 5.10 Å². The summed E-state index contributed by atoms with van der Waals surface area (Å²) in [5.74, 6) is -0.114. The average molecular weight is 724 g/mol. The van der Waals surface area contributed by atoms with Gasteiger partial charge in [0.2, 0.25) is 0 Å². The van der Waals surface area contributed by atoms with Gasteiger partial charge in [0.05, 0.1) is 13.3 Å². The van der Waals surface area contributed by atoms with Gasteiger partial charge in [-0.25, -0.2) is 9.82 Å². The number of hydrogen-bond acceptors (Lipinski definition) is 7. The number of ether oxygens (including phenoxy) is 3. The van der Waals surface area contributed by atoms with Gasteiger partial charge in [-0.05, 0) is 103 Å². The van der Waals surface area contributed by atoms with E-state index in [1.165, 1.54) is 37.6 Å². The lowest BCUT2D eigenvalue weighted by molar-refractivity contribution is -0.118. The minimum absolute atomic E-state index is 0.0459. The third-order valence-corrected chi connectivity index (χ3v) is 8.28. The molecule has 0 radical (unpaired) electrons. The van der Waals surface area contributed by atoms with Crippen LogP contribution in [-0.2, 0) is 11.4 Å². The highest BCUT2D eigenvalue weighted by atomic mass is 79.9. The maximum absolute atomic E-state index is 13.4. The number of halogens is 3. The third-order valence-electron chi connectivity index (χ3n) is 6.83. The van der Waals surface area contributed by atoms with Gasteiger partial charge < -0.3 is 28.5 Å². The maximum atomic E-state index is 13.4. The summed E-state index contributed by atoms with van der Waals surface area (Å²) in [5, 5.41) is 6.64. The Labute approximate surface area is 283 Å². The van der Waals surface area contributed by atoms with Crippen LogP contribution >= 0.6 is 27.5 Å². The van der Waals surface area contributed by atoms with Crippen LogP contribution in [0.25, 0.3) is 5.69 Å². The van der Waals surface area contributed by atoms with Crippen LogP contribution < -0.4 is 25.0 Å². The molecule has 0 saturated carbocycles. The minimum atomic E-state index is -0.576. The van der Waals surface area contributed by atoms with Crippen LogP contribution in [-0.4, -0.2) is 36.3 Å². The number of carbonyl (C=O) groups excluding carboxylic acids is 2. The minimum Gasteiger partial charge on any atom is -0.493 e. The number of rotatable bonds is 12. The highest BCUT2D eigenvalue weighted by molar-refractivity contribution is 9.10. The number of carbonyl (C=O) groups is 2. The average Bonchev–Trinajstić information content (AvgIpc) is 3.67. The van der Waals surface area contributed by atoms with Crippen molar-refractivity contribution < 1.29 is 32.6 Å². The van der Waals surface area contributed by atoms with Crippen molar-refractivity contribution in [2.45, 2.75) is 20.5 Å². The Morgan fingerprint density at radius 3 is 2.47 bits per heavy atom. The molecule has 0 saturated heterocycles. The Morgan fingerprint density at radius 2 is 1.77 bits per heavy atom. The van der Waals surface area contributed by atoms with Crippen molar-refractivity contribution in [3.8, 4) is 22.9 Å². The summed E-state index contributed by atoms with van der Waals surface area (Å²) < 4.78 is 38.4. The topological polar surface area (TPSA) is 116 Å². The summed E-state index contributed by atoms with van der Waals surface area (Å²) in [7, 11) is 1.40. The Balaban J connectivity index is 1.15. The number of aryl methyl sites for hydroxylation is 2. The Kier molecular flexibility index (Phi) is 10.6. The molecule has 2 aromatic heterocycles. The van der Waals surface area contributed by atoms with E-state index >= 15 is 0 Å². The van der Waals surface area contributed by atoms with E-state index in [0.29, 0.717) is 21.5 Å². The Bertz CT molecular complexity index is 1920. The number of benzene rings is 3. The van der Waals surface area contributed by atoms with Crippen LogP contribution in [0, 0.1) is 19.7 Å². The van der Waals surface area contributed by atoms with Crippen molar-refractivity contribution in [2.75, 3.05) is 19.0 Å². The molecule has 0 aliphatic carbocycles. The Hall–Kier alpha value is -5.07. The van der Waals surface area contributed by atoms with E-state index in [2.05, 4.69) is 62.3 Å². The fraction of sp³-hybridized carbons (Fsp3) is 0.147. The van der Waals surface area contributed by atoms with Gasteiger partial charge in [0.25, 0.3) is 5.91 Å². The number of amides is 2. The third kappa shape index (κ3) is 8.21. The lowest BCUT2D eigenvalue weighted by Crippen LogP contribution is -2.20. The van der Waals surface area contributed by atoms with E-state index in [1.54, 1.807) is 18.2 Å². The first-order valence-corrected chi connectivity index (χ1v) is 15.3. The van der Waals surface area contributed by atoms with Gasteiger partial charge in [-0.1, -0.05) is 17.7 Å². The zero-order chi connectivity index (χ0) is 33.5. The predicted molar refractivity (Wildman–Crippen MR) is 180 cm³/mol. The molecule has 0 aliphatic heterocycles. The smallest absolute Gasteiger partial charge is 0.307 e. The second-order valence-electron chi connectivity index (χ2n) is 10.2. The lowest BCUT2D eigenvalue weighted by Gasteiger charge is -2.15. The first-order valence-electron chi connectivity index (χ1n) is 14.2. The van der Waals surface area contributed by atoms with Gasteiger partial charge >= 0.3 is 5.91 Å². The van der Waals surface area contributed by atoms with Crippen molar-refractivity contribution in [3.05, 3.63) is 123 Å². The van der Waals surface area contributed by atoms with Crippen LogP contribution in [0.4, 0.5) is 10.1 Å². The van der Waals surface area contributed by atoms with Crippen LogP contribution in [0.5, 0.6) is 17.2 Å². The van der Waals surface area contributed by atoms with Crippen molar-refractivity contribution >= 4 is 51.2 Å². The van der Waals surface area contributed by atoms with E-state index < -0.39 is 24.2 Å². The molecule has 2 N–H and O–H groups in total. The van der Waals surface area contributed by atoms with Crippen LogP contribution in [0.3, 0.4) is 0 Å². The molecule has 0 spiro atoms. The predicted octanol–water partition coefficient (Wildman–Crippen LogP) is 7.61. The van der Waals surface area contributed by atoms with E-state index in [9.17, 15) is 14.0 Å². The maximum Gasteiger partial charge on any atom is 0.307 e. The molecule has 2 amide bonds. The number of nitrogens with zero attached hydrogens (tertiary/aromatic N) is 2. The monoisotopic (exact) mass is 722 g/mol. The van der Waals surface area contributed by atoms with E-state index in [1.807, 2.05) is 24.3 Å². The molecule has 242 valence electrons. The number of methoxy groups -OCH3 is 1. The van der Waals surface area contributed by atoms with E-state index in [-0.39, 0.29) is 34.6 Å². The molecule has 0 bridgehead atoms. The van der Waals surface area contributed by atoms with Crippen molar-refractivity contribution in [1.29, 1.82) is 0 Å². The molecule has 0 aliphatic rings. The van der Waals surface area contributed by atoms with E-state index in [4.69, 9.17) is 30.2 Å². The van der Waals surface area contributed by atoms with Gasteiger partial charge in [0, 0.05) is 32.8 Å². The number of anilines is 1. The fourth-order valence-electron chi connectivity index (χ4n) is 4.60. The molecule has 0 unspecified atom stereocenters.